The van der Waals surface area contributed by atoms with E-state index in [0.717, 1.165) is 0 Å². The lowest BCUT2D eigenvalue weighted by atomic mass is 10.1. The molecule has 0 aliphatic heterocycles. The highest BCUT2D eigenvalue weighted by Crippen LogP contribution is 2.36. The van der Waals surface area contributed by atoms with E-state index in [1.54, 1.807) is 0 Å². The van der Waals surface area contributed by atoms with Crippen molar-refractivity contribution < 1.29 is 22.0 Å². The molecule has 0 aromatic carbocycles. The Morgan fingerprint density at radius 3 is 2.25 bits per heavy atom. The molecule has 1 rings (SSSR count). The van der Waals surface area contributed by atoms with Crippen molar-refractivity contribution in [1.29, 1.82) is 0 Å². The van der Waals surface area contributed by atoms with E-state index in [9.17, 15) is 22.0 Å². The predicted octanol–water partition coefficient (Wildman–Crippen LogP) is 2.80. The summed E-state index contributed by atoms with van der Waals surface area (Å²) in [6.07, 6.45) is -4.37. The molecule has 1 aromatic heterocycles. The van der Waals surface area contributed by atoms with Gasteiger partial charge in [0.05, 0.1) is 17.7 Å². The van der Waals surface area contributed by atoms with Gasteiger partial charge in [-0.25, -0.2) is 4.98 Å². The largest absolute Gasteiger partial charge is 0.417 e. The lowest BCUT2D eigenvalue weighted by Gasteiger charge is -2.16. The van der Waals surface area contributed by atoms with Crippen LogP contribution in [-0.2, 0) is 12.1 Å². The van der Waals surface area contributed by atoms with Crippen molar-refractivity contribution in [2.24, 2.45) is 5.73 Å². The Morgan fingerprint density at radius 1 is 1.25 bits per heavy atom. The van der Waals surface area contributed by atoms with Gasteiger partial charge in [0, 0.05) is 6.20 Å². The maximum atomic E-state index is 13.1. The fourth-order valence-electron chi connectivity index (χ4n) is 0.970. The first-order valence-electron chi connectivity index (χ1n) is 3.99. The quantitative estimate of drug-likeness (QED) is 0.656. The third-order valence-electron chi connectivity index (χ3n) is 1.82. The molecule has 0 saturated carbocycles. The van der Waals surface area contributed by atoms with Crippen molar-refractivity contribution in [3.63, 3.8) is 0 Å². The van der Waals surface area contributed by atoms with Crippen molar-refractivity contribution >= 4 is 11.6 Å². The normalized spacial score (nSPS) is 12.9. The van der Waals surface area contributed by atoms with Crippen LogP contribution in [0.2, 0.25) is 5.15 Å². The lowest BCUT2D eigenvalue weighted by molar-refractivity contribution is -0.138. The summed E-state index contributed by atoms with van der Waals surface area (Å²) in [5.41, 5.74) is 2.44. The van der Waals surface area contributed by atoms with Gasteiger partial charge in [-0.15, -0.1) is 0 Å². The highest BCUT2D eigenvalue weighted by molar-refractivity contribution is 6.30. The highest BCUT2D eigenvalue weighted by Gasteiger charge is 2.37. The zero-order valence-corrected chi connectivity index (χ0v) is 8.41. The van der Waals surface area contributed by atoms with Crippen molar-refractivity contribution in [3.8, 4) is 0 Å². The van der Waals surface area contributed by atoms with Gasteiger partial charge in [0.2, 0.25) is 0 Å². The Balaban J connectivity index is 3.30. The maximum absolute atomic E-state index is 13.1. The fourth-order valence-corrected chi connectivity index (χ4v) is 1.21. The molecule has 90 valence electrons. The van der Waals surface area contributed by atoms with Gasteiger partial charge in [0.1, 0.15) is 5.15 Å². The summed E-state index contributed by atoms with van der Waals surface area (Å²) in [5, 5.41) is -0.691. The van der Waals surface area contributed by atoms with Gasteiger partial charge in [-0.3, -0.25) is 0 Å². The average molecular weight is 261 g/mol. The second-order valence-electron chi connectivity index (χ2n) is 2.97. The van der Waals surface area contributed by atoms with Gasteiger partial charge < -0.3 is 5.73 Å². The number of nitrogens with zero attached hydrogens (tertiary/aromatic N) is 1. The number of rotatable bonds is 2. The van der Waals surface area contributed by atoms with E-state index in [2.05, 4.69) is 4.98 Å². The number of pyridine rings is 1. The number of halogens is 6. The van der Waals surface area contributed by atoms with E-state index in [1.807, 2.05) is 0 Å². The van der Waals surface area contributed by atoms with Crippen LogP contribution in [0.15, 0.2) is 12.3 Å². The molecule has 0 aliphatic carbocycles. The minimum absolute atomic E-state index is 0.252. The Hall–Kier alpha value is -0.950. The molecule has 8 heteroatoms. The van der Waals surface area contributed by atoms with Crippen molar-refractivity contribution in [3.05, 3.63) is 28.5 Å². The van der Waals surface area contributed by atoms with E-state index < -0.39 is 34.9 Å². The molecule has 0 amide bonds. The predicted molar refractivity (Wildman–Crippen MR) is 47.2 cm³/mol. The highest BCUT2D eigenvalue weighted by atomic mass is 35.5. The summed E-state index contributed by atoms with van der Waals surface area (Å²) in [6.45, 7) is -1.14. The van der Waals surface area contributed by atoms with Gasteiger partial charge in [-0.2, -0.15) is 22.0 Å². The number of nitrogens with two attached hydrogens (primary N) is 1. The van der Waals surface area contributed by atoms with Crippen LogP contribution in [0.3, 0.4) is 0 Å². The van der Waals surface area contributed by atoms with Crippen LogP contribution in [0.1, 0.15) is 11.1 Å². The molecule has 0 aliphatic rings. The molecule has 2 nitrogen and oxygen atoms in total. The lowest BCUT2D eigenvalue weighted by Crippen LogP contribution is -2.26. The molecule has 1 aromatic rings. The smallest absolute Gasteiger partial charge is 0.325 e. The Labute approximate surface area is 92.2 Å². The van der Waals surface area contributed by atoms with Crippen LogP contribution in [0, 0.1) is 0 Å². The van der Waals surface area contributed by atoms with Gasteiger partial charge in [-0.1, -0.05) is 11.6 Å². The summed E-state index contributed by atoms with van der Waals surface area (Å²) in [4.78, 5) is 3.07. The number of alkyl halides is 5. The molecule has 0 saturated heterocycles. The molecule has 0 bridgehead atoms. The molecule has 2 N–H and O–H groups in total. The van der Waals surface area contributed by atoms with Crippen LogP contribution in [0.25, 0.3) is 0 Å². The SMILES string of the molecule is NCC(F)(F)c1cc(C(F)(F)F)cnc1Cl. The molecule has 0 atom stereocenters. The minimum atomic E-state index is -4.75. The zero-order valence-electron chi connectivity index (χ0n) is 7.65. The zero-order chi connectivity index (χ0) is 12.6. The van der Waals surface area contributed by atoms with Gasteiger partial charge in [0.15, 0.2) is 0 Å². The van der Waals surface area contributed by atoms with Gasteiger partial charge >= 0.3 is 6.18 Å². The van der Waals surface area contributed by atoms with E-state index in [1.165, 1.54) is 0 Å². The third kappa shape index (κ3) is 2.59. The standard InChI is InChI=1S/C8H6ClF5N2/c9-6-5(7(10,11)3-15)1-4(2-16-6)8(12,13)14/h1-2H,3,15H2. The minimum Gasteiger partial charge on any atom is -0.325 e. The van der Waals surface area contributed by atoms with Crippen LogP contribution in [0.4, 0.5) is 22.0 Å². The molecule has 0 fully saturated rings. The number of hydrogen-bond donors (Lipinski definition) is 1. The summed E-state index contributed by atoms with van der Waals surface area (Å²) in [7, 11) is 0. The van der Waals surface area contributed by atoms with Crippen LogP contribution in [0.5, 0.6) is 0 Å². The summed E-state index contributed by atoms with van der Waals surface area (Å²) in [5.74, 6) is -3.63. The van der Waals surface area contributed by atoms with Crippen LogP contribution >= 0.6 is 11.6 Å². The Bertz CT molecular complexity index is 391. The van der Waals surface area contributed by atoms with Crippen molar-refractivity contribution in [2.75, 3.05) is 6.54 Å². The molecular formula is C8H6ClF5N2. The molecule has 0 radical (unpaired) electrons. The second-order valence-corrected chi connectivity index (χ2v) is 3.33. The van der Waals surface area contributed by atoms with Gasteiger partial charge in [-0.05, 0) is 6.07 Å². The third-order valence-corrected chi connectivity index (χ3v) is 2.12. The molecule has 16 heavy (non-hydrogen) atoms. The monoisotopic (exact) mass is 260 g/mol. The first kappa shape index (κ1) is 13.1. The maximum Gasteiger partial charge on any atom is 0.417 e. The van der Waals surface area contributed by atoms with Crippen molar-refractivity contribution in [1.82, 2.24) is 4.98 Å². The summed E-state index contributed by atoms with van der Waals surface area (Å²) >= 11 is 5.30. The first-order chi connectivity index (χ1) is 7.18. The molecule has 0 unspecified atom stereocenters. The topological polar surface area (TPSA) is 38.9 Å². The van der Waals surface area contributed by atoms with Crippen molar-refractivity contribution in [2.45, 2.75) is 12.1 Å². The Kier molecular flexibility index (Phi) is 3.39. The van der Waals surface area contributed by atoms with E-state index in [-0.39, 0.29) is 6.07 Å². The number of hydrogen-bond acceptors (Lipinski definition) is 2. The number of aromatic nitrogens is 1. The molecule has 1 heterocycles. The Morgan fingerprint density at radius 2 is 1.81 bits per heavy atom. The van der Waals surface area contributed by atoms with E-state index >= 15 is 0 Å². The van der Waals surface area contributed by atoms with E-state index in [4.69, 9.17) is 17.3 Å². The van der Waals surface area contributed by atoms with Crippen LogP contribution in [-0.4, -0.2) is 11.5 Å². The van der Waals surface area contributed by atoms with E-state index in [0.29, 0.717) is 6.20 Å². The fraction of sp³-hybridized carbons (Fsp3) is 0.375. The summed E-state index contributed by atoms with van der Waals surface area (Å²) < 4.78 is 62.9. The second kappa shape index (κ2) is 4.14. The molecular weight excluding hydrogens is 255 g/mol. The average Bonchev–Trinajstić information content (AvgIpc) is 2.16. The van der Waals surface area contributed by atoms with Crippen LogP contribution < -0.4 is 5.73 Å². The first-order valence-corrected chi connectivity index (χ1v) is 4.37. The summed E-state index contributed by atoms with van der Waals surface area (Å²) in [6, 6.07) is 0.252. The molecule has 0 spiro atoms. The van der Waals surface area contributed by atoms with Gasteiger partial charge in [0.25, 0.3) is 5.92 Å².